The third-order valence-electron chi connectivity index (χ3n) is 4.48. The van der Waals surface area contributed by atoms with Gasteiger partial charge in [0.1, 0.15) is 11.6 Å². The van der Waals surface area contributed by atoms with E-state index >= 15 is 0 Å². The Morgan fingerprint density at radius 3 is 2.84 bits per heavy atom. The Balaban J connectivity index is 1.72. The van der Waals surface area contributed by atoms with Crippen molar-refractivity contribution in [2.45, 2.75) is 31.5 Å². The number of halogens is 3. The van der Waals surface area contributed by atoms with Gasteiger partial charge in [-0.2, -0.15) is 13.2 Å². The molecule has 136 valence electrons. The molecule has 0 radical (unpaired) electrons. The zero-order chi connectivity index (χ0) is 18.0. The van der Waals surface area contributed by atoms with Crippen molar-refractivity contribution < 1.29 is 17.9 Å². The summed E-state index contributed by atoms with van der Waals surface area (Å²) in [4.78, 5) is 10.4. The summed E-state index contributed by atoms with van der Waals surface area (Å²) in [5, 5.41) is 0. The minimum Gasteiger partial charge on any atom is -0.497 e. The summed E-state index contributed by atoms with van der Waals surface area (Å²) in [6, 6.07) is 3.67. The van der Waals surface area contributed by atoms with Crippen molar-refractivity contribution in [1.82, 2.24) is 19.4 Å². The summed E-state index contributed by atoms with van der Waals surface area (Å²) in [6.45, 7) is 2.21. The molecular weight excluding hydrogens is 333 g/mol. The molecule has 0 aromatic carbocycles. The minimum absolute atomic E-state index is 0.0135. The number of nitrogens with zero attached hydrogens (tertiary/aromatic N) is 4. The van der Waals surface area contributed by atoms with E-state index in [1.165, 1.54) is 4.57 Å². The molecule has 1 saturated heterocycles. The number of methoxy groups -OCH3 is 1. The van der Waals surface area contributed by atoms with Crippen molar-refractivity contribution in [2.24, 2.45) is 7.05 Å². The number of rotatable bonds is 4. The van der Waals surface area contributed by atoms with Crippen LogP contribution in [0.25, 0.3) is 0 Å². The van der Waals surface area contributed by atoms with E-state index in [0.717, 1.165) is 37.0 Å². The number of hydrogen-bond donors (Lipinski definition) is 0. The highest BCUT2D eigenvalue weighted by atomic mass is 19.4. The number of alkyl halides is 3. The molecule has 0 N–H and O–H groups in total. The van der Waals surface area contributed by atoms with Crippen LogP contribution in [0.1, 0.15) is 36.0 Å². The fourth-order valence-corrected chi connectivity index (χ4v) is 3.31. The van der Waals surface area contributed by atoms with E-state index in [1.54, 1.807) is 26.4 Å². The van der Waals surface area contributed by atoms with Crippen LogP contribution < -0.4 is 4.74 Å². The molecule has 1 aliphatic rings. The first-order valence-corrected chi connectivity index (χ1v) is 8.18. The van der Waals surface area contributed by atoms with Crippen LogP contribution in [-0.2, 0) is 19.8 Å². The first kappa shape index (κ1) is 17.7. The summed E-state index contributed by atoms with van der Waals surface area (Å²) in [6.07, 6.45) is 0.115. The van der Waals surface area contributed by atoms with Crippen LogP contribution >= 0.6 is 0 Å². The first-order valence-electron chi connectivity index (χ1n) is 8.18. The maximum atomic E-state index is 12.9. The number of ether oxygens (including phenoxy) is 1. The molecule has 1 atom stereocenters. The van der Waals surface area contributed by atoms with Gasteiger partial charge in [0.25, 0.3) is 0 Å². The number of hydrogen-bond acceptors (Lipinski definition) is 4. The van der Waals surface area contributed by atoms with Crippen molar-refractivity contribution in [3.63, 3.8) is 0 Å². The molecule has 8 heteroatoms. The van der Waals surface area contributed by atoms with Gasteiger partial charge < -0.3 is 9.30 Å². The van der Waals surface area contributed by atoms with Crippen LogP contribution in [-0.4, -0.2) is 39.6 Å². The Morgan fingerprint density at radius 1 is 1.36 bits per heavy atom. The molecule has 1 unspecified atom stereocenters. The molecule has 0 bridgehead atoms. The van der Waals surface area contributed by atoms with Gasteiger partial charge in [0.05, 0.1) is 12.8 Å². The molecule has 0 spiro atoms. The van der Waals surface area contributed by atoms with Crippen molar-refractivity contribution in [3.8, 4) is 5.75 Å². The monoisotopic (exact) mass is 354 g/mol. The zero-order valence-electron chi connectivity index (χ0n) is 14.3. The smallest absolute Gasteiger partial charge is 0.434 e. The number of likely N-dealkylation sites (tertiary alicyclic amines) is 1. The van der Waals surface area contributed by atoms with Gasteiger partial charge in [-0.3, -0.25) is 9.88 Å². The van der Waals surface area contributed by atoms with Gasteiger partial charge >= 0.3 is 6.18 Å². The third kappa shape index (κ3) is 4.12. The zero-order valence-corrected chi connectivity index (χ0v) is 14.3. The molecule has 0 amide bonds. The maximum Gasteiger partial charge on any atom is 0.434 e. The molecule has 25 heavy (non-hydrogen) atoms. The van der Waals surface area contributed by atoms with Crippen LogP contribution in [0.4, 0.5) is 13.2 Å². The fraction of sp³-hybridized carbons (Fsp3) is 0.529. The highest BCUT2D eigenvalue weighted by Crippen LogP contribution is 2.32. The number of aryl methyl sites for hydroxylation is 1. The third-order valence-corrected chi connectivity index (χ3v) is 4.48. The summed E-state index contributed by atoms with van der Waals surface area (Å²) in [5.74, 6) is 1.23. The van der Waals surface area contributed by atoms with E-state index in [0.29, 0.717) is 18.9 Å². The Kier molecular flexibility index (Phi) is 4.99. The summed E-state index contributed by atoms with van der Waals surface area (Å²) in [7, 11) is 3.23. The predicted octanol–water partition coefficient (Wildman–Crippen LogP) is 3.22. The fourth-order valence-electron chi connectivity index (χ4n) is 3.31. The number of pyridine rings is 1. The van der Waals surface area contributed by atoms with Gasteiger partial charge in [-0.25, -0.2) is 4.98 Å². The first-order chi connectivity index (χ1) is 11.9. The summed E-state index contributed by atoms with van der Waals surface area (Å²) >= 11 is 0. The van der Waals surface area contributed by atoms with Gasteiger partial charge in [0.2, 0.25) is 0 Å². The molecule has 0 aliphatic carbocycles. The van der Waals surface area contributed by atoms with Crippen LogP contribution in [0.5, 0.6) is 5.75 Å². The van der Waals surface area contributed by atoms with E-state index in [-0.39, 0.29) is 5.92 Å². The lowest BCUT2D eigenvalue weighted by atomic mass is 9.97. The molecule has 5 nitrogen and oxygen atoms in total. The normalized spacial score (nSPS) is 19.2. The van der Waals surface area contributed by atoms with Gasteiger partial charge in [0.15, 0.2) is 5.69 Å². The van der Waals surface area contributed by atoms with Crippen molar-refractivity contribution in [3.05, 3.63) is 41.7 Å². The Labute approximate surface area is 144 Å². The Hall–Kier alpha value is -2.09. The molecule has 1 fully saturated rings. The van der Waals surface area contributed by atoms with E-state index in [2.05, 4.69) is 14.9 Å². The molecule has 1 aliphatic heterocycles. The van der Waals surface area contributed by atoms with Gasteiger partial charge in [-0.15, -0.1) is 0 Å². The average molecular weight is 354 g/mol. The second kappa shape index (κ2) is 7.03. The average Bonchev–Trinajstić information content (AvgIpc) is 2.97. The largest absolute Gasteiger partial charge is 0.497 e. The molecule has 3 heterocycles. The standard InChI is InChI=1S/C17H21F3N4O/c1-23-11-15(17(18,19)20)22-16(23)12-4-3-7-24(9-12)10-13-8-14(25-2)5-6-21-13/h5-6,8,11-12H,3-4,7,9-10H2,1-2H3. The van der Waals surface area contributed by atoms with Crippen molar-refractivity contribution in [1.29, 1.82) is 0 Å². The number of aromatic nitrogens is 3. The van der Waals surface area contributed by atoms with E-state index in [1.807, 2.05) is 6.07 Å². The topological polar surface area (TPSA) is 43.2 Å². The van der Waals surface area contributed by atoms with E-state index in [9.17, 15) is 13.2 Å². The lowest BCUT2D eigenvalue weighted by Crippen LogP contribution is -2.35. The summed E-state index contributed by atoms with van der Waals surface area (Å²) < 4.78 is 45.3. The molecule has 2 aromatic heterocycles. The van der Waals surface area contributed by atoms with Crippen LogP contribution in [0.3, 0.4) is 0 Å². The maximum absolute atomic E-state index is 12.9. The predicted molar refractivity (Wildman–Crippen MR) is 86.3 cm³/mol. The summed E-state index contributed by atoms with van der Waals surface area (Å²) in [5.41, 5.74) is 0.0624. The Morgan fingerprint density at radius 2 is 2.16 bits per heavy atom. The molecule has 2 aromatic rings. The van der Waals surface area contributed by atoms with Crippen molar-refractivity contribution >= 4 is 0 Å². The molecule has 0 saturated carbocycles. The highest BCUT2D eigenvalue weighted by molar-refractivity contribution is 5.22. The van der Waals surface area contributed by atoms with Gasteiger partial charge in [0, 0.05) is 44.5 Å². The van der Waals surface area contributed by atoms with E-state index < -0.39 is 11.9 Å². The van der Waals surface area contributed by atoms with Crippen LogP contribution in [0, 0.1) is 0 Å². The van der Waals surface area contributed by atoms with Crippen molar-refractivity contribution in [2.75, 3.05) is 20.2 Å². The molecule has 3 rings (SSSR count). The lowest BCUT2D eigenvalue weighted by molar-refractivity contribution is -0.141. The van der Waals surface area contributed by atoms with Crippen LogP contribution in [0.2, 0.25) is 0 Å². The second-order valence-electron chi connectivity index (χ2n) is 6.35. The second-order valence-corrected chi connectivity index (χ2v) is 6.35. The number of piperidine rings is 1. The SMILES string of the molecule is COc1ccnc(CN2CCCC(c3nc(C(F)(F)F)cn3C)C2)c1. The lowest BCUT2D eigenvalue weighted by Gasteiger charge is -2.32. The van der Waals surface area contributed by atoms with Crippen LogP contribution in [0.15, 0.2) is 24.5 Å². The number of imidazole rings is 1. The molecular formula is C17H21F3N4O. The minimum atomic E-state index is -4.41. The van der Waals surface area contributed by atoms with Gasteiger partial charge in [-0.05, 0) is 25.5 Å². The quantitative estimate of drug-likeness (QED) is 0.846. The van der Waals surface area contributed by atoms with E-state index in [4.69, 9.17) is 4.74 Å². The van der Waals surface area contributed by atoms with Gasteiger partial charge in [-0.1, -0.05) is 0 Å². The Bertz CT molecular complexity index is 729. The highest BCUT2D eigenvalue weighted by Gasteiger charge is 2.36.